The second-order valence-electron chi connectivity index (χ2n) is 7.94. The number of benzene rings is 2. The number of fused-ring (bicyclic) bond motifs is 1. The molecule has 0 aliphatic carbocycles. The van der Waals surface area contributed by atoms with Gasteiger partial charge in [-0.2, -0.15) is 5.26 Å². The van der Waals surface area contributed by atoms with Crippen LogP contribution in [-0.2, 0) is 0 Å². The number of nitriles is 1. The van der Waals surface area contributed by atoms with Gasteiger partial charge in [0.15, 0.2) is 29.0 Å². The Bertz CT molecular complexity index is 1460. The molecule has 0 spiro atoms. The lowest BCUT2D eigenvalue weighted by atomic mass is 10.1. The molecule has 0 fully saturated rings. The average Bonchev–Trinajstić information content (AvgIpc) is 3.27. The number of hydrogen-bond acceptors (Lipinski definition) is 5. The Kier molecular flexibility index (Phi) is 7.54. The standard InChI is InChI=1S/C27H23F3N4O2/c1-3-4-5-13-36-27-18(7-6-8-21(27)35-2)10-12-23-33-26-20(14-19(28)24(29)25(26)30)34(23)22-11-9-17(15-31)16-32-22/h6-12,14,16H,3-5,13H2,1-2H3/b12-10+. The molecule has 2 aromatic carbocycles. The summed E-state index contributed by atoms with van der Waals surface area (Å²) in [5, 5.41) is 9.08. The molecule has 0 amide bonds. The second-order valence-corrected chi connectivity index (χ2v) is 7.94. The number of rotatable bonds is 9. The van der Waals surface area contributed by atoms with Crippen molar-refractivity contribution < 1.29 is 22.6 Å². The Morgan fingerprint density at radius 3 is 2.61 bits per heavy atom. The van der Waals surface area contributed by atoms with Gasteiger partial charge in [0.1, 0.15) is 23.2 Å². The maximum absolute atomic E-state index is 14.6. The van der Waals surface area contributed by atoms with Gasteiger partial charge in [0.25, 0.3) is 0 Å². The third kappa shape index (κ3) is 4.89. The first-order valence-electron chi connectivity index (χ1n) is 11.4. The maximum Gasteiger partial charge on any atom is 0.196 e. The van der Waals surface area contributed by atoms with Gasteiger partial charge in [-0.1, -0.05) is 31.9 Å². The quantitative estimate of drug-likeness (QED) is 0.198. The van der Waals surface area contributed by atoms with Crippen LogP contribution in [0.2, 0.25) is 0 Å². The normalized spacial score (nSPS) is 11.2. The molecule has 2 aromatic heterocycles. The van der Waals surface area contributed by atoms with Crippen molar-refractivity contribution in [2.45, 2.75) is 26.2 Å². The molecule has 6 nitrogen and oxygen atoms in total. The summed E-state index contributed by atoms with van der Waals surface area (Å²) in [5.74, 6) is -2.84. The number of nitrogens with zero attached hydrogens (tertiary/aromatic N) is 4. The Hall–Kier alpha value is -4.32. The van der Waals surface area contributed by atoms with E-state index in [9.17, 15) is 13.2 Å². The molecule has 9 heteroatoms. The number of unbranched alkanes of at least 4 members (excludes halogenated alkanes) is 2. The maximum atomic E-state index is 14.6. The fraction of sp³-hybridized carbons (Fsp3) is 0.222. The molecule has 0 unspecified atom stereocenters. The number of methoxy groups -OCH3 is 1. The minimum atomic E-state index is -1.61. The van der Waals surface area contributed by atoms with Crippen molar-refractivity contribution in [1.29, 1.82) is 5.26 Å². The van der Waals surface area contributed by atoms with Crippen molar-refractivity contribution >= 4 is 23.2 Å². The van der Waals surface area contributed by atoms with Crippen molar-refractivity contribution in [3.05, 3.63) is 77.0 Å². The number of aromatic nitrogens is 3. The fourth-order valence-corrected chi connectivity index (χ4v) is 3.74. The smallest absolute Gasteiger partial charge is 0.196 e. The summed E-state index contributed by atoms with van der Waals surface area (Å²) >= 11 is 0. The predicted molar refractivity (Wildman–Crippen MR) is 130 cm³/mol. The summed E-state index contributed by atoms with van der Waals surface area (Å²) in [5.41, 5.74) is 0.631. The minimum Gasteiger partial charge on any atom is -0.493 e. The highest BCUT2D eigenvalue weighted by Crippen LogP contribution is 2.33. The highest BCUT2D eigenvalue weighted by molar-refractivity contribution is 5.83. The molecule has 0 saturated heterocycles. The summed E-state index contributed by atoms with van der Waals surface area (Å²) in [6.45, 7) is 2.61. The average molecular weight is 493 g/mol. The van der Waals surface area contributed by atoms with Crippen LogP contribution in [0.4, 0.5) is 13.2 Å². The zero-order valence-corrected chi connectivity index (χ0v) is 19.8. The zero-order chi connectivity index (χ0) is 25.7. The molecule has 0 saturated carbocycles. The molecular weight excluding hydrogens is 469 g/mol. The van der Waals surface area contributed by atoms with Gasteiger partial charge in [0.05, 0.1) is 24.8 Å². The third-order valence-corrected chi connectivity index (χ3v) is 5.55. The summed E-state index contributed by atoms with van der Waals surface area (Å²) in [4.78, 5) is 8.45. The van der Waals surface area contributed by atoms with E-state index in [-0.39, 0.29) is 22.7 Å². The molecule has 184 valence electrons. The van der Waals surface area contributed by atoms with Crippen LogP contribution in [0.1, 0.15) is 43.1 Å². The zero-order valence-electron chi connectivity index (χ0n) is 19.8. The van der Waals surface area contributed by atoms with Gasteiger partial charge in [-0.3, -0.25) is 4.57 Å². The SMILES string of the molecule is CCCCCOc1c(/C=C/c2nc3c(F)c(F)c(F)cc3n2-c2ccc(C#N)cn2)cccc1OC. The molecule has 36 heavy (non-hydrogen) atoms. The van der Waals surface area contributed by atoms with Crippen LogP contribution < -0.4 is 9.47 Å². The molecule has 0 atom stereocenters. The van der Waals surface area contributed by atoms with Crippen LogP contribution in [0.25, 0.3) is 29.0 Å². The molecule has 0 N–H and O–H groups in total. The second kappa shape index (κ2) is 11.0. The van der Waals surface area contributed by atoms with E-state index in [4.69, 9.17) is 14.7 Å². The van der Waals surface area contributed by atoms with E-state index >= 15 is 0 Å². The first-order chi connectivity index (χ1) is 17.5. The molecule has 4 aromatic rings. The monoisotopic (exact) mass is 492 g/mol. The summed E-state index contributed by atoms with van der Waals surface area (Å²) in [6.07, 6.45) is 7.57. The van der Waals surface area contributed by atoms with E-state index in [0.717, 1.165) is 25.3 Å². The van der Waals surface area contributed by atoms with Gasteiger partial charge < -0.3 is 9.47 Å². The summed E-state index contributed by atoms with van der Waals surface area (Å²) in [7, 11) is 1.55. The van der Waals surface area contributed by atoms with Crippen molar-refractivity contribution in [3.63, 3.8) is 0 Å². The topological polar surface area (TPSA) is 73.0 Å². The number of ether oxygens (including phenoxy) is 2. The van der Waals surface area contributed by atoms with Crippen molar-refractivity contribution in [2.24, 2.45) is 0 Å². The van der Waals surface area contributed by atoms with Crippen molar-refractivity contribution in [2.75, 3.05) is 13.7 Å². The van der Waals surface area contributed by atoms with E-state index in [2.05, 4.69) is 16.9 Å². The third-order valence-electron chi connectivity index (χ3n) is 5.55. The Morgan fingerprint density at radius 1 is 1.08 bits per heavy atom. The molecular formula is C27H23F3N4O2. The fourth-order valence-electron chi connectivity index (χ4n) is 3.74. The van der Waals surface area contributed by atoms with Crippen LogP contribution >= 0.6 is 0 Å². The van der Waals surface area contributed by atoms with Crippen LogP contribution in [-0.4, -0.2) is 28.3 Å². The van der Waals surface area contributed by atoms with E-state index in [1.54, 1.807) is 31.4 Å². The first-order valence-corrected chi connectivity index (χ1v) is 11.4. The van der Waals surface area contributed by atoms with E-state index in [0.29, 0.717) is 29.2 Å². The number of halogens is 3. The van der Waals surface area contributed by atoms with E-state index in [1.807, 2.05) is 12.1 Å². The van der Waals surface area contributed by atoms with Gasteiger partial charge in [-0.25, -0.2) is 23.1 Å². The molecule has 4 rings (SSSR count). The van der Waals surface area contributed by atoms with Crippen LogP contribution in [0, 0.1) is 28.8 Å². The number of pyridine rings is 1. The molecule has 0 bridgehead atoms. The number of hydrogen-bond donors (Lipinski definition) is 0. The number of para-hydroxylation sites is 1. The Balaban J connectivity index is 1.83. The Labute approximate surface area is 206 Å². The van der Waals surface area contributed by atoms with Gasteiger partial charge in [-0.15, -0.1) is 0 Å². The minimum absolute atomic E-state index is 0.00932. The van der Waals surface area contributed by atoms with Gasteiger partial charge >= 0.3 is 0 Å². The lowest BCUT2D eigenvalue weighted by Gasteiger charge is -2.13. The van der Waals surface area contributed by atoms with Crippen LogP contribution in [0.3, 0.4) is 0 Å². The predicted octanol–water partition coefficient (Wildman–Crippen LogP) is 6.46. The molecule has 0 aliphatic heterocycles. The van der Waals surface area contributed by atoms with Crippen LogP contribution in [0.5, 0.6) is 11.5 Å². The van der Waals surface area contributed by atoms with Gasteiger partial charge in [0.2, 0.25) is 0 Å². The molecule has 0 aliphatic rings. The summed E-state index contributed by atoms with van der Waals surface area (Å²) < 4.78 is 55.5. The highest BCUT2D eigenvalue weighted by Gasteiger charge is 2.21. The van der Waals surface area contributed by atoms with E-state index < -0.39 is 17.5 Å². The molecule has 2 heterocycles. The first kappa shape index (κ1) is 24.8. The lowest BCUT2D eigenvalue weighted by molar-refractivity contribution is 0.285. The number of imidazole rings is 1. The highest BCUT2D eigenvalue weighted by atomic mass is 19.2. The van der Waals surface area contributed by atoms with Gasteiger partial charge in [0, 0.05) is 17.8 Å². The van der Waals surface area contributed by atoms with Crippen molar-refractivity contribution in [1.82, 2.24) is 14.5 Å². The summed E-state index contributed by atoms with van der Waals surface area (Å²) in [6, 6.07) is 11.3. The van der Waals surface area contributed by atoms with Gasteiger partial charge in [-0.05, 0) is 36.8 Å². The van der Waals surface area contributed by atoms with E-state index in [1.165, 1.54) is 22.9 Å². The Morgan fingerprint density at radius 2 is 1.92 bits per heavy atom. The van der Waals surface area contributed by atoms with Crippen LogP contribution in [0.15, 0.2) is 42.6 Å². The molecule has 0 radical (unpaired) electrons. The lowest BCUT2D eigenvalue weighted by Crippen LogP contribution is -2.02. The largest absolute Gasteiger partial charge is 0.493 e. The van der Waals surface area contributed by atoms with Crippen molar-refractivity contribution in [3.8, 4) is 23.4 Å².